The van der Waals surface area contributed by atoms with Gasteiger partial charge in [0.1, 0.15) is 5.75 Å². The molecule has 0 fully saturated rings. The minimum Gasteiger partial charge on any atom is -0.545 e. The summed E-state index contributed by atoms with van der Waals surface area (Å²) in [7, 11) is 0. The zero-order valence-corrected chi connectivity index (χ0v) is 10.8. The molecule has 0 spiro atoms. The molecule has 0 atom stereocenters. The van der Waals surface area contributed by atoms with E-state index in [1.807, 2.05) is 0 Å². The van der Waals surface area contributed by atoms with Crippen LogP contribution in [0.2, 0.25) is 0 Å². The van der Waals surface area contributed by atoms with Crippen LogP contribution in [0.15, 0.2) is 24.3 Å². The number of alkyl halides is 8. The summed E-state index contributed by atoms with van der Waals surface area (Å²) >= 11 is 0. The highest BCUT2D eigenvalue weighted by Crippen LogP contribution is 2.48. The van der Waals surface area contributed by atoms with Crippen LogP contribution in [0.1, 0.15) is 10.4 Å². The number of carbonyl (C=O) groups excluding carboxylic acids is 1. The smallest absolute Gasteiger partial charge is 0.381 e. The molecule has 0 amide bonds. The van der Waals surface area contributed by atoms with Crippen molar-refractivity contribution in [3.8, 4) is 5.75 Å². The van der Waals surface area contributed by atoms with Gasteiger partial charge in [0.25, 0.3) is 0 Å². The van der Waals surface area contributed by atoms with Crippen LogP contribution in [0, 0.1) is 0 Å². The van der Waals surface area contributed by atoms with Crippen molar-refractivity contribution in [2.75, 3.05) is 6.61 Å². The van der Waals surface area contributed by atoms with Crippen LogP contribution in [0.5, 0.6) is 5.75 Å². The number of carbonyl (C=O) groups is 1. The standard InChI is InChI=1S/C12H8F8O3/c13-9(14)11(17,18)12(19,20)10(15,16)5-23-7-3-1-6(2-4-7)8(21)22/h1-4,9H,5H2,(H,21,22)/p-1. The van der Waals surface area contributed by atoms with Gasteiger partial charge < -0.3 is 14.6 Å². The van der Waals surface area contributed by atoms with E-state index in [1.165, 1.54) is 0 Å². The number of carboxylic acid groups (broad SMARTS) is 1. The van der Waals surface area contributed by atoms with Gasteiger partial charge in [0, 0.05) is 0 Å². The Morgan fingerprint density at radius 3 is 1.91 bits per heavy atom. The number of carboxylic acids is 1. The van der Waals surface area contributed by atoms with Gasteiger partial charge >= 0.3 is 24.2 Å². The number of hydrogen-bond donors (Lipinski definition) is 0. The molecular formula is C12H7F8O3-. The van der Waals surface area contributed by atoms with Crippen LogP contribution in [-0.4, -0.2) is 36.8 Å². The van der Waals surface area contributed by atoms with Gasteiger partial charge in [-0.15, -0.1) is 0 Å². The van der Waals surface area contributed by atoms with Crippen molar-refractivity contribution < 1.29 is 49.8 Å². The lowest BCUT2D eigenvalue weighted by Crippen LogP contribution is -2.59. The fourth-order valence-electron chi connectivity index (χ4n) is 1.33. The van der Waals surface area contributed by atoms with E-state index in [1.54, 1.807) is 0 Å². The highest BCUT2D eigenvalue weighted by molar-refractivity contribution is 5.85. The molecule has 0 aliphatic carbocycles. The molecule has 1 aromatic rings. The third kappa shape index (κ3) is 3.64. The van der Waals surface area contributed by atoms with E-state index in [4.69, 9.17) is 0 Å². The number of ether oxygens (including phenoxy) is 1. The molecule has 0 aliphatic heterocycles. The van der Waals surface area contributed by atoms with E-state index in [9.17, 15) is 45.0 Å². The Morgan fingerprint density at radius 2 is 1.52 bits per heavy atom. The number of halogens is 8. The third-order valence-electron chi connectivity index (χ3n) is 2.66. The number of hydrogen-bond acceptors (Lipinski definition) is 3. The van der Waals surface area contributed by atoms with Crippen LogP contribution in [0.25, 0.3) is 0 Å². The average molecular weight is 351 g/mol. The minimum absolute atomic E-state index is 0.390. The molecule has 23 heavy (non-hydrogen) atoms. The van der Waals surface area contributed by atoms with E-state index in [0.717, 1.165) is 24.3 Å². The Balaban J connectivity index is 2.88. The van der Waals surface area contributed by atoms with Crippen molar-refractivity contribution in [3.05, 3.63) is 29.8 Å². The summed E-state index contributed by atoms with van der Waals surface area (Å²) in [5.74, 6) is -20.4. The van der Waals surface area contributed by atoms with Gasteiger partial charge in [-0.3, -0.25) is 0 Å². The van der Waals surface area contributed by atoms with Gasteiger partial charge in [0.05, 0.1) is 5.97 Å². The fourth-order valence-corrected chi connectivity index (χ4v) is 1.33. The van der Waals surface area contributed by atoms with Crippen molar-refractivity contribution in [1.29, 1.82) is 0 Å². The molecule has 0 aromatic heterocycles. The Hall–Kier alpha value is -2.07. The SMILES string of the molecule is O=C([O-])c1ccc(OCC(F)(F)C(F)(F)C(F)(F)C(F)F)cc1. The first-order valence-electron chi connectivity index (χ1n) is 5.68. The second-order valence-corrected chi connectivity index (χ2v) is 4.30. The molecule has 1 rings (SSSR count). The quantitative estimate of drug-likeness (QED) is 0.710. The third-order valence-corrected chi connectivity index (χ3v) is 2.66. The van der Waals surface area contributed by atoms with Gasteiger partial charge in [0.2, 0.25) is 0 Å². The molecule has 0 N–H and O–H groups in total. The van der Waals surface area contributed by atoms with E-state index in [0.29, 0.717) is 0 Å². The Labute approximate surface area is 123 Å². The maximum absolute atomic E-state index is 13.2. The fraction of sp³-hybridized carbons (Fsp3) is 0.417. The summed E-state index contributed by atoms with van der Waals surface area (Å²) in [6.45, 7) is -2.33. The molecule has 130 valence electrons. The van der Waals surface area contributed by atoms with E-state index in [-0.39, 0.29) is 0 Å². The number of rotatable bonds is 7. The van der Waals surface area contributed by atoms with Crippen molar-refractivity contribution in [1.82, 2.24) is 0 Å². The van der Waals surface area contributed by atoms with Crippen molar-refractivity contribution in [2.45, 2.75) is 24.2 Å². The predicted octanol–water partition coefficient (Wildman–Crippen LogP) is 2.60. The molecule has 3 nitrogen and oxygen atoms in total. The first kappa shape index (κ1) is 19.0. The first-order valence-corrected chi connectivity index (χ1v) is 5.68. The lowest BCUT2D eigenvalue weighted by molar-refractivity contribution is -0.342. The van der Waals surface area contributed by atoms with E-state index < -0.39 is 48.1 Å². The Bertz CT molecular complexity index is 556. The largest absolute Gasteiger partial charge is 0.545 e. The van der Waals surface area contributed by atoms with Crippen LogP contribution in [0.3, 0.4) is 0 Å². The topological polar surface area (TPSA) is 49.4 Å². The summed E-state index contributed by atoms with van der Waals surface area (Å²) in [6.07, 6.45) is -5.01. The summed E-state index contributed by atoms with van der Waals surface area (Å²) in [6, 6.07) is 3.17. The Morgan fingerprint density at radius 1 is 1.04 bits per heavy atom. The van der Waals surface area contributed by atoms with Crippen molar-refractivity contribution in [3.63, 3.8) is 0 Å². The molecule has 0 radical (unpaired) electrons. The van der Waals surface area contributed by atoms with Crippen LogP contribution >= 0.6 is 0 Å². The molecule has 1 aromatic carbocycles. The summed E-state index contributed by atoms with van der Waals surface area (Å²) in [4.78, 5) is 10.4. The summed E-state index contributed by atoms with van der Waals surface area (Å²) in [5, 5.41) is 10.4. The highest BCUT2D eigenvalue weighted by Gasteiger charge is 2.75. The molecule has 0 unspecified atom stereocenters. The van der Waals surface area contributed by atoms with Crippen LogP contribution in [-0.2, 0) is 0 Å². The van der Waals surface area contributed by atoms with E-state index >= 15 is 0 Å². The molecule has 11 heteroatoms. The molecule has 0 bridgehead atoms. The van der Waals surface area contributed by atoms with Gasteiger partial charge in [0.15, 0.2) is 6.61 Å². The number of benzene rings is 1. The zero-order valence-electron chi connectivity index (χ0n) is 10.8. The molecule has 0 saturated heterocycles. The van der Waals surface area contributed by atoms with Gasteiger partial charge in [-0.1, -0.05) is 0 Å². The summed E-state index contributed by atoms with van der Waals surface area (Å²) in [5.41, 5.74) is -0.390. The number of aromatic carboxylic acids is 1. The van der Waals surface area contributed by atoms with Crippen LogP contribution < -0.4 is 9.84 Å². The molecule has 0 saturated carbocycles. The van der Waals surface area contributed by atoms with Gasteiger partial charge in [-0.2, -0.15) is 26.3 Å². The second-order valence-electron chi connectivity index (χ2n) is 4.30. The molecule has 0 heterocycles. The zero-order chi connectivity index (χ0) is 18.1. The lowest BCUT2D eigenvalue weighted by atomic mass is 10.1. The summed E-state index contributed by atoms with van der Waals surface area (Å²) < 4.78 is 105. The molecular weight excluding hydrogens is 344 g/mol. The van der Waals surface area contributed by atoms with Crippen LogP contribution in [0.4, 0.5) is 35.1 Å². The molecule has 0 aliphatic rings. The maximum Gasteiger partial charge on any atom is 0.381 e. The normalized spacial score (nSPS) is 13.3. The van der Waals surface area contributed by atoms with Crippen molar-refractivity contribution >= 4 is 5.97 Å². The van der Waals surface area contributed by atoms with Crippen molar-refractivity contribution in [2.24, 2.45) is 0 Å². The first-order chi connectivity index (χ1) is 10.3. The minimum atomic E-state index is -6.36. The maximum atomic E-state index is 13.2. The second kappa shape index (κ2) is 6.20. The monoisotopic (exact) mass is 351 g/mol. The highest BCUT2D eigenvalue weighted by atomic mass is 19.4. The predicted molar refractivity (Wildman–Crippen MR) is 57.1 cm³/mol. The average Bonchev–Trinajstić information content (AvgIpc) is 2.45. The van der Waals surface area contributed by atoms with E-state index in [2.05, 4.69) is 4.74 Å². The lowest BCUT2D eigenvalue weighted by Gasteiger charge is -2.32. The Kier molecular flexibility index (Phi) is 5.12. The van der Waals surface area contributed by atoms with Gasteiger partial charge in [-0.25, -0.2) is 8.78 Å². The van der Waals surface area contributed by atoms with Gasteiger partial charge in [-0.05, 0) is 29.8 Å².